The van der Waals surface area contributed by atoms with Crippen LogP contribution in [0.25, 0.3) is 0 Å². The second kappa shape index (κ2) is 6.23. The van der Waals surface area contributed by atoms with Gasteiger partial charge in [-0.25, -0.2) is 0 Å². The molecule has 96 valence electrons. The Labute approximate surface area is 103 Å². The zero-order valence-electron chi connectivity index (χ0n) is 9.22. The fourth-order valence-electron chi connectivity index (χ4n) is 1.33. The number of likely N-dealkylation sites (N-methyl/N-ethyl adjacent to an activating group) is 1. The normalized spacial score (nSPS) is 13.7. The lowest BCUT2D eigenvalue weighted by Gasteiger charge is -2.19. The topological polar surface area (TPSA) is 21.3 Å². The average molecular weight is 268 g/mol. The molecule has 2 nitrogen and oxygen atoms in total. The van der Waals surface area contributed by atoms with Crippen LogP contribution in [0.1, 0.15) is 11.7 Å². The van der Waals surface area contributed by atoms with E-state index in [1.165, 1.54) is 0 Å². The van der Waals surface area contributed by atoms with E-state index in [0.29, 0.717) is 17.1 Å². The summed E-state index contributed by atoms with van der Waals surface area (Å²) in [5.41, 5.74) is 0.660. The van der Waals surface area contributed by atoms with Crippen molar-refractivity contribution in [2.75, 3.05) is 20.2 Å². The summed E-state index contributed by atoms with van der Waals surface area (Å²) in [5.74, 6) is 0. The Morgan fingerprint density at radius 3 is 2.35 bits per heavy atom. The lowest BCUT2D eigenvalue weighted by Crippen LogP contribution is -2.25. The average Bonchev–Trinajstić information content (AvgIpc) is 2.24. The molecule has 0 saturated heterocycles. The Balaban J connectivity index is 2.68. The van der Waals surface area contributed by atoms with E-state index in [0.717, 1.165) is 0 Å². The first-order chi connectivity index (χ1) is 7.92. The summed E-state index contributed by atoms with van der Waals surface area (Å²) in [6.45, 7) is -0.959. The minimum Gasteiger partial charge on any atom is -0.363 e. The van der Waals surface area contributed by atoms with Gasteiger partial charge in [0.2, 0.25) is 0 Å². The maximum atomic E-state index is 12.1. The van der Waals surface area contributed by atoms with E-state index >= 15 is 0 Å². The number of benzene rings is 1. The first-order valence-corrected chi connectivity index (χ1v) is 5.38. The fraction of sp³-hybridized carbons (Fsp3) is 0.455. The number of hydrogen-bond acceptors (Lipinski definition) is 2. The van der Waals surface area contributed by atoms with Gasteiger partial charge in [-0.1, -0.05) is 23.7 Å². The summed E-state index contributed by atoms with van der Waals surface area (Å²) in [6, 6.07) is 6.55. The van der Waals surface area contributed by atoms with Gasteiger partial charge in [-0.3, -0.25) is 0 Å². The van der Waals surface area contributed by atoms with Crippen molar-refractivity contribution in [3.63, 3.8) is 0 Å². The number of ether oxygens (including phenoxy) is 1. The standard InChI is InChI=1S/C11H13ClF3NO/c1-16-6-10(17-7-11(13,14)15)8-2-4-9(12)5-3-8/h2-5,10,16H,6-7H2,1H3. The second-order valence-corrected chi connectivity index (χ2v) is 3.96. The predicted molar refractivity (Wildman–Crippen MR) is 60.1 cm³/mol. The molecular weight excluding hydrogens is 255 g/mol. The summed E-state index contributed by atoms with van der Waals surface area (Å²) in [6.07, 6.45) is -4.96. The molecular formula is C11H13ClF3NO. The van der Waals surface area contributed by atoms with Gasteiger partial charge in [0.15, 0.2) is 0 Å². The smallest absolute Gasteiger partial charge is 0.363 e. The first-order valence-electron chi connectivity index (χ1n) is 5.01. The van der Waals surface area contributed by atoms with Crippen LogP contribution in [-0.2, 0) is 4.74 Å². The van der Waals surface area contributed by atoms with Crippen LogP contribution in [0.2, 0.25) is 5.02 Å². The molecule has 0 bridgehead atoms. The number of rotatable bonds is 5. The molecule has 0 aliphatic rings. The number of alkyl halides is 3. The largest absolute Gasteiger partial charge is 0.411 e. The summed E-state index contributed by atoms with van der Waals surface area (Å²) >= 11 is 5.71. The van der Waals surface area contributed by atoms with Gasteiger partial charge in [0.25, 0.3) is 0 Å². The molecule has 0 aliphatic carbocycles. The molecule has 0 heterocycles. The van der Waals surface area contributed by atoms with Gasteiger partial charge in [-0.15, -0.1) is 0 Å². The molecule has 1 unspecified atom stereocenters. The molecule has 0 fully saturated rings. The molecule has 1 rings (SSSR count). The van der Waals surface area contributed by atoms with E-state index in [1.807, 2.05) is 0 Å². The van der Waals surface area contributed by atoms with E-state index < -0.39 is 18.9 Å². The van der Waals surface area contributed by atoms with Crippen LogP contribution < -0.4 is 5.32 Å². The van der Waals surface area contributed by atoms with Crippen molar-refractivity contribution < 1.29 is 17.9 Å². The number of nitrogens with one attached hydrogen (secondary N) is 1. The lowest BCUT2D eigenvalue weighted by molar-refractivity contribution is -0.185. The number of hydrogen-bond donors (Lipinski definition) is 1. The summed E-state index contributed by atoms with van der Waals surface area (Å²) in [5, 5.41) is 3.33. The van der Waals surface area contributed by atoms with Crippen LogP contribution in [0.4, 0.5) is 13.2 Å². The highest BCUT2D eigenvalue weighted by Gasteiger charge is 2.29. The third-order valence-corrected chi connectivity index (χ3v) is 2.33. The van der Waals surface area contributed by atoms with Crippen molar-refractivity contribution in [1.29, 1.82) is 0 Å². The highest BCUT2D eigenvalue weighted by molar-refractivity contribution is 6.30. The Hall–Kier alpha value is -0.780. The molecule has 0 spiro atoms. The highest BCUT2D eigenvalue weighted by Crippen LogP contribution is 2.23. The van der Waals surface area contributed by atoms with Gasteiger partial charge in [-0.05, 0) is 24.7 Å². The van der Waals surface area contributed by atoms with Crippen LogP contribution >= 0.6 is 11.6 Å². The third kappa shape index (κ3) is 5.39. The van der Waals surface area contributed by atoms with Crippen molar-refractivity contribution in [2.45, 2.75) is 12.3 Å². The van der Waals surface area contributed by atoms with Crippen LogP contribution in [0.3, 0.4) is 0 Å². The maximum absolute atomic E-state index is 12.1. The quantitative estimate of drug-likeness (QED) is 0.885. The van der Waals surface area contributed by atoms with E-state index in [-0.39, 0.29) is 0 Å². The Morgan fingerprint density at radius 2 is 1.88 bits per heavy atom. The summed E-state index contributed by atoms with van der Waals surface area (Å²) < 4.78 is 41.1. The molecule has 0 aliphatic heterocycles. The minimum atomic E-state index is -4.32. The van der Waals surface area contributed by atoms with Crippen LogP contribution in [0, 0.1) is 0 Å². The van der Waals surface area contributed by atoms with Crippen molar-refractivity contribution in [1.82, 2.24) is 5.32 Å². The van der Waals surface area contributed by atoms with E-state index in [4.69, 9.17) is 16.3 Å². The van der Waals surface area contributed by atoms with E-state index in [1.54, 1.807) is 31.3 Å². The number of halogens is 4. The Morgan fingerprint density at radius 1 is 1.29 bits per heavy atom. The van der Waals surface area contributed by atoms with Gasteiger partial charge in [0.1, 0.15) is 6.61 Å². The van der Waals surface area contributed by atoms with Gasteiger partial charge in [-0.2, -0.15) is 13.2 Å². The molecule has 1 aromatic carbocycles. The molecule has 6 heteroatoms. The molecule has 1 N–H and O–H groups in total. The molecule has 17 heavy (non-hydrogen) atoms. The fourth-order valence-corrected chi connectivity index (χ4v) is 1.46. The monoisotopic (exact) mass is 267 g/mol. The van der Waals surface area contributed by atoms with Gasteiger partial charge < -0.3 is 10.1 Å². The van der Waals surface area contributed by atoms with Gasteiger partial charge in [0.05, 0.1) is 6.10 Å². The Bertz CT molecular complexity index is 340. The van der Waals surface area contributed by atoms with Crippen molar-refractivity contribution in [2.24, 2.45) is 0 Å². The van der Waals surface area contributed by atoms with Crippen molar-refractivity contribution in [3.8, 4) is 0 Å². The zero-order chi connectivity index (χ0) is 12.9. The zero-order valence-corrected chi connectivity index (χ0v) is 9.98. The summed E-state index contributed by atoms with van der Waals surface area (Å²) in [7, 11) is 1.65. The third-order valence-electron chi connectivity index (χ3n) is 2.08. The van der Waals surface area contributed by atoms with Crippen LogP contribution in [-0.4, -0.2) is 26.4 Å². The second-order valence-electron chi connectivity index (χ2n) is 3.52. The van der Waals surface area contributed by atoms with Crippen LogP contribution in [0.15, 0.2) is 24.3 Å². The molecule has 0 amide bonds. The lowest BCUT2D eigenvalue weighted by atomic mass is 10.1. The molecule has 1 atom stereocenters. The predicted octanol–water partition coefficient (Wildman–Crippen LogP) is 3.18. The SMILES string of the molecule is CNCC(OCC(F)(F)F)c1ccc(Cl)cc1. The molecule has 0 aromatic heterocycles. The van der Waals surface area contributed by atoms with Crippen LogP contribution in [0.5, 0.6) is 0 Å². The molecule has 0 radical (unpaired) electrons. The van der Waals surface area contributed by atoms with E-state index in [2.05, 4.69) is 5.32 Å². The Kier molecular flexibility index (Phi) is 5.24. The van der Waals surface area contributed by atoms with Crippen molar-refractivity contribution >= 4 is 11.6 Å². The molecule has 1 aromatic rings. The minimum absolute atomic E-state index is 0.303. The first kappa shape index (κ1) is 14.3. The van der Waals surface area contributed by atoms with Crippen molar-refractivity contribution in [3.05, 3.63) is 34.9 Å². The maximum Gasteiger partial charge on any atom is 0.411 e. The summed E-state index contributed by atoms with van der Waals surface area (Å²) in [4.78, 5) is 0. The molecule has 0 saturated carbocycles. The van der Waals surface area contributed by atoms with Gasteiger partial charge in [0, 0.05) is 11.6 Å². The highest BCUT2D eigenvalue weighted by atomic mass is 35.5. The van der Waals surface area contributed by atoms with Gasteiger partial charge >= 0.3 is 6.18 Å². The van der Waals surface area contributed by atoms with E-state index in [9.17, 15) is 13.2 Å².